The predicted octanol–water partition coefficient (Wildman–Crippen LogP) is 5.19. The highest BCUT2D eigenvalue weighted by Gasteiger charge is 2.22. The van der Waals surface area contributed by atoms with Crippen LogP contribution in [0.1, 0.15) is 0 Å². The van der Waals surface area contributed by atoms with Crippen molar-refractivity contribution in [3.8, 4) is 17.0 Å². The molecule has 33 heavy (non-hydrogen) atoms. The largest absolute Gasteiger partial charge is 0.480 e. The third-order valence-corrected chi connectivity index (χ3v) is 6.81. The van der Waals surface area contributed by atoms with Crippen LogP contribution < -0.4 is 14.8 Å². The molecule has 0 unspecified atom stereocenters. The molecule has 2 heterocycles. The number of methoxy groups -OCH3 is 1. The van der Waals surface area contributed by atoms with Crippen molar-refractivity contribution in [3.05, 3.63) is 70.8 Å². The fourth-order valence-electron chi connectivity index (χ4n) is 3.24. The van der Waals surface area contributed by atoms with Gasteiger partial charge in [-0.25, -0.2) is 27.2 Å². The summed E-state index contributed by atoms with van der Waals surface area (Å²) in [6.07, 6.45) is 1.53. The van der Waals surface area contributed by atoms with E-state index >= 15 is 0 Å². The van der Waals surface area contributed by atoms with E-state index in [0.29, 0.717) is 17.4 Å². The summed E-state index contributed by atoms with van der Waals surface area (Å²) < 4.78 is 61.0. The average molecular weight is 535 g/mol. The molecule has 0 saturated carbocycles. The number of fused-ring (bicyclic) bond motifs is 1. The molecular weight excluding hydrogens is 518 g/mol. The Morgan fingerprint density at radius 3 is 2.52 bits per heavy atom. The first-order valence-electron chi connectivity index (χ1n) is 9.52. The highest BCUT2D eigenvalue weighted by Crippen LogP contribution is 2.33. The van der Waals surface area contributed by atoms with Crippen LogP contribution in [0.15, 0.2) is 64.1 Å². The topological polar surface area (TPSA) is 93.2 Å². The van der Waals surface area contributed by atoms with Crippen LogP contribution >= 0.6 is 15.9 Å². The standard InChI is InChI=1S/C22H17BrF2N4O3S/c1-26-21-16(23)8-13-7-12(3-5-18(13)28-21)14-9-19(22(32-2)27-11-14)29-33(30,31)20-6-4-15(24)10-17(20)25/h3-11,29H,1-2H3,(H,26,28). The van der Waals surface area contributed by atoms with Crippen molar-refractivity contribution in [1.29, 1.82) is 0 Å². The summed E-state index contributed by atoms with van der Waals surface area (Å²) in [4.78, 5) is 8.00. The fourth-order valence-corrected chi connectivity index (χ4v) is 4.89. The van der Waals surface area contributed by atoms with Crippen LogP contribution in [-0.4, -0.2) is 32.5 Å². The summed E-state index contributed by atoms with van der Waals surface area (Å²) in [5.74, 6) is -1.40. The van der Waals surface area contributed by atoms with Gasteiger partial charge in [-0.1, -0.05) is 6.07 Å². The number of hydrogen-bond acceptors (Lipinski definition) is 6. The van der Waals surface area contributed by atoms with E-state index < -0.39 is 26.6 Å². The molecule has 170 valence electrons. The van der Waals surface area contributed by atoms with E-state index in [4.69, 9.17) is 4.74 Å². The first-order chi connectivity index (χ1) is 15.7. The van der Waals surface area contributed by atoms with Gasteiger partial charge in [-0.2, -0.15) is 0 Å². The van der Waals surface area contributed by atoms with Crippen molar-refractivity contribution in [2.24, 2.45) is 0 Å². The van der Waals surface area contributed by atoms with Crippen LogP contribution in [0.2, 0.25) is 0 Å². The summed E-state index contributed by atoms with van der Waals surface area (Å²) >= 11 is 3.47. The minimum absolute atomic E-state index is 0.00339. The monoisotopic (exact) mass is 534 g/mol. The zero-order chi connectivity index (χ0) is 23.8. The van der Waals surface area contributed by atoms with Gasteiger partial charge in [-0.3, -0.25) is 4.72 Å². The third-order valence-electron chi connectivity index (χ3n) is 4.81. The first-order valence-corrected chi connectivity index (χ1v) is 11.8. The number of nitrogens with zero attached hydrogens (tertiary/aromatic N) is 2. The number of benzene rings is 2. The van der Waals surface area contributed by atoms with Gasteiger partial charge in [0, 0.05) is 30.3 Å². The van der Waals surface area contributed by atoms with Crippen LogP contribution in [0.4, 0.5) is 20.3 Å². The van der Waals surface area contributed by atoms with Gasteiger partial charge in [-0.15, -0.1) is 0 Å². The second-order valence-corrected chi connectivity index (χ2v) is 9.44. The van der Waals surface area contributed by atoms with Gasteiger partial charge in [0.15, 0.2) is 0 Å². The van der Waals surface area contributed by atoms with Crippen molar-refractivity contribution in [3.63, 3.8) is 0 Å². The quantitative estimate of drug-likeness (QED) is 0.353. The van der Waals surface area contributed by atoms with Crippen molar-refractivity contribution in [2.75, 3.05) is 24.2 Å². The Morgan fingerprint density at radius 2 is 1.82 bits per heavy atom. The van der Waals surface area contributed by atoms with Crippen molar-refractivity contribution >= 4 is 48.4 Å². The van der Waals surface area contributed by atoms with Crippen LogP contribution in [0.25, 0.3) is 22.0 Å². The number of anilines is 2. The lowest BCUT2D eigenvalue weighted by atomic mass is 10.0. The number of hydrogen-bond donors (Lipinski definition) is 2. The van der Waals surface area contributed by atoms with Crippen LogP contribution in [0.3, 0.4) is 0 Å². The molecule has 7 nitrogen and oxygen atoms in total. The maximum atomic E-state index is 14.1. The molecule has 0 amide bonds. The van der Waals surface area contributed by atoms with E-state index in [0.717, 1.165) is 33.1 Å². The van der Waals surface area contributed by atoms with Gasteiger partial charge in [0.2, 0.25) is 5.88 Å². The molecule has 0 fully saturated rings. The Bertz CT molecular complexity index is 1480. The number of pyridine rings is 2. The second-order valence-electron chi connectivity index (χ2n) is 6.94. The Balaban J connectivity index is 1.75. The molecule has 2 N–H and O–H groups in total. The number of rotatable bonds is 6. The zero-order valence-corrected chi connectivity index (χ0v) is 19.8. The van der Waals surface area contributed by atoms with Gasteiger partial charge < -0.3 is 10.1 Å². The molecule has 0 atom stereocenters. The highest BCUT2D eigenvalue weighted by atomic mass is 79.9. The SMILES string of the molecule is CNc1nc2ccc(-c3cnc(OC)c(NS(=O)(=O)c4ccc(F)cc4F)c3)cc2cc1Br. The lowest BCUT2D eigenvalue weighted by molar-refractivity contribution is 0.400. The van der Waals surface area contributed by atoms with Gasteiger partial charge in [0.25, 0.3) is 10.0 Å². The van der Waals surface area contributed by atoms with Crippen molar-refractivity contribution in [2.45, 2.75) is 4.90 Å². The van der Waals surface area contributed by atoms with Crippen LogP contribution in [-0.2, 0) is 10.0 Å². The van der Waals surface area contributed by atoms with Crippen LogP contribution in [0, 0.1) is 11.6 Å². The lowest BCUT2D eigenvalue weighted by Gasteiger charge is -2.13. The van der Waals surface area contributed by atoms with Crippen molar-refractivity contribution < 1.29 is 21.9 Å². The fraction of sp³-hybridized carbons (Fsp3) is 0.0909. The van der Waals surface area contributed by atoms with Gasteiger partial charge in [-0.05, 0) is 57.9 Å². The molecule has 2 aromatic heterocycles. The molecule has 0 aliphatic carbocycles. The Kier molecular flexibility index (Phi) is 6.17. The molecule has 0 aliphatic rings. The third kappa shape index (κ3) is 4.60. The number of aromatic nitrogens is 2. The molecule has 0 saturated heterocycles. The summed E-state index contributed by atoms with van der Waals surface area (Å²) in [5.41, 5.74) is 2.10. The van der Waals surface area contributed by atoms with E-state index in [2.05, 4.69) is 35.9 Å². The maximum Gasteiger partial charge on any atom is 0.264 e. The van der Waals surface area contributed by atoms with E-state index in [1.54, 1.807) is 7.05 Å². The minimum atomic E-state index is -4.38. The molecule has 11 heteroatoms. The summed E-state index contributed by atoms with van der Waals surface area (Å²) in [5, 5.41) is 3.85. The molecular formula is C22H17BrF2N4O3S. The summed E-state index contributed by atoms with van der Waals surface area (Å²) in [7, 11) is -1.27. The second kappa shape index (κ2) is 8.91. The van der Waals surface area contributed by atoms with E-state index in [1.165, 1.54) is 19.4 Å². The molecule has 4 rings (SSSR count). The average Bonchev–Trinajstić information content (AvgIpc) is 2.77. The smallest absolute Gasteiger partial charge is 0.264 e. The predicted molar refractivity (Wildman–Crippen MR) is 126 cm³/mol. The Labute approximate surface area is 197 Å². The molecule has 4 aromatic rings. The van der Waals surface area contributed by atoms with Crippen molar-refractivity contribution in [1.82, 2.24) is 9.97 Å². The van der Waals surface area contributed by atoms with Gasteiger partial charge in [0.1, 0.15) is 28.0 Å². The Morgan fingerprint density at radius 1 is 1.03 bits per heavy atom. The first kappa shape index (κ1) is 22.9. The van der Waals surface area contributed by atoms with E-state index in [9.17, 15) is 17.2 Å². The normalized spacial score (nSPS) is 11.4. The number of nitrogens with one attached hydrogen (secondary N) is 2. The lowest BCUT2D eigenvalue weighted by Crippen LogP contribution is -2.15. The Hall–Kier alpha value is -3.31. The maximum absolute atomic E-state index is 14.1. The molecule has 0 spiro atoms. The number of sulfonamides is 1. The molecule has 0 aliphatic heterocycles. The molecule has 2 aromatic carbocycles. The van der Waals surface area contributed by atoms with E-state index in [-0.39, 0.29) is 11.6 Å². The summed E-state index contributed by atoms with van der Waals surface area (Å²) in [6.45, 7) is 0. The zero-order valence-electron chi connectivity index (χ0n) is 17.4. The van der Waals surface area contributed by atoms with Gasteiger partial charge in [0.05, 0.1) is 17.1 Å². The molecule has 0 bridgehead atoms. The van der Waals surface area contributed by atoms with Gasteiger partial charge >= 0.3 is 0 Å². The van der Waals surface area contributed by atoms with Crippen LogP contribution in [0.5, 0.6) is 5.88 Å². The molecule has 0 radical (unpaired) electrons. The van der Waals surface area contributed by atoms with E-state index in [1.807, 2.05) is 24.3 Å². The highest BCUT2D eigenvalue weighted by molar-refractivity contribution is 9.10. The summed E-state index contributed by atoms with van der Waals surface area (Å²) in [6, 6.07) is 11.2. The minimum Gasteiger partial charge on any atom is -0.480 e. The number of halogens is 3. The number of ether oxygens (including phenoxy) is 1.